The second kappa shape index (κ2) is 10.4. The zero-order valence-electron chi connectivity index (χ0n) is 15.8. The lowest BCUT2D eigenvalue weighted by Crippen LogP contribution is -2.37. The molecule has 3 rings (SSSR count). The Bertz CT molecular complexity index is 809. The number of hydrogen-bond donors (Lipinski definition) is 1. The van der Waals surface area contributed by atoms with Crippen molar-refractivity contribution >= 4 is 40.9 Å². The molecule has 2 aromatic rings. The van der Waals surface area contributed by atoms with Crippen LogP contribution in [0.15, 0.2) is 23.4 Å². The fraction of sp³-hybridized carbons (Fsp3) is 0.526. The summed E-state index contributed by atoms with van der Waals surface area (Å²) in [4.78, 5) is 12.2. The van der Waals surface area contributed by atoms with Gasteiger partial charge in [0, 0.05) is 23.7 Å². The zero-order chi connectivity index (χ0) is 19.9. The van der Waals surface area contributed by atoms with Gasteiger partial charge < -0.3 is 14.6 Å². The number of carbonyl (C=O) groups excluding carboxylic acids is 1. The molecule has 1 saturated carbocycles. The van der Waals surface area contributed by atoms with Gasteiger partial charge in [-0.1, -0.05) is 54.2 Å². The normalized spacial score (nSPS) is 14.8. The number of ether oxygens (including phenoxy) is 1. The second-order valence-electron chi connectivity index (χ2n) is 6.70. The number of aromatic nitrogens is 3. The van der Waals surface area contributed by atoms with E-state index in [0.717, 1.165) is 12.8 Å². The summed E-state index contributed by atoms with van der Waals surface area (Å²) in [5.41, 5.74) is 0. The predicted molar refractivity (Wildman–Crippen MR) is 112 cm³/mol. The number of nitrogens with zero attached hydrogens (tertiary/aromatic N) is 3. The minimum Gasteiger partial charge on any atom is -0.484 e. The van der Waals surface area contributed by atoms with Crippen molar-refractivity contribution in [2.75, 3.05) is 5.75 Å². The van der Waals surface area contributed by atoms with Crippen LogP contribution < -0.4 is 10.1 Å². The number of rotatable bonds is 8. The molecule has 0 radical (unpaired) electrons. The summed E-state index contributed by atoms with van der Waals surface area (Å²) in [6.45, 7) is 2.91. The molecule has 0 saturated heterocycles. The molecule has 6 nitrogen and oxygen atoms in total. The number of amides is 1. The van der Waals surface area contributed by atoms with E-state index in [9.17, 15) is 4.79 Å². The Kier molecular flexibility index (Phi) is 7.88. The van der Waals surface area contributed by atoms with Crippen LogP contribution in [-0.4, -0.2) is 32.5 Å². The Hall–Kier alpha value is -1.44. The first-order valence-electron chi connectivity index (χ1n) is 9.49. The lowest BCUT2D eigenvalue weighted by molar-refractivity contribution is -0.119. The molecule has 0 aliphatic heterocycles. The average Bonchev–Trinajstić information content (AvgIpc) is 3.09. The van der Waals surface area contributed by atoms with Gasteiger partial charge in [0.1, 0.15) is 12.4 Å². The topological polar surface area (TPSA) is 69.0 Å². The molecule has 1 heterocycles. The number of hydrogen-bond acceptors (Lipinski definition) is 5. The Morgan fingerprint density at radius 1 is 1.29 bits per heavy atom. The van der Waals surface area contributed by atoms with Crippen molar-refractivity contribution in [1.29, 1.82) is 0 Å². The standard InChI is InChI=1S/C19H24Cl2N4O2S/c1-2-25-17(11-27-16-10-13(20)8-9-15(16)21)23-24-19(25)28-12-18(26)22-14-6-4-3-5-7-14/h8-10,14H,2-7,11-12H2,1H3,(H,22,26). The molecule has 1 N–H and O–H groups in total. The van der Waals surface area contributed by atoms with Gasteiger partial charge in [0.2, 0.25) is 5.91 Å². The number of carbonyl (C=O) groups is 1. The summed E-state index contributed by atoms with van der Waals surface area (Å²) in [7, 11) is 0. The molecule has 0 bridgehead atoms. The van der Waals surface area contributed by atoms with Crippen molar-refractivity contribution < 1.29 is 9.53 Å². The van der Waals surface area contributed by atoms with E-state index >= 15 is 0 Å². The number of thioether (sulfide) groups is 1. The first kappa shape index (κ1) is 21.3. The van der Waals surface area contributed by atoms with Crippen molar-refractivity contribution in [3.05, 3.63) is 34.1 Å². The maximum atomic E-state index is 12.2. The van der Waals surface area contributed by atoms with Crippen molar-refractivity contribution in [2.24, 2.45) is 0 Å². The molecule has 9 heteroatoms. The van der Waals surface area contributed by atoms with Gasteiger partial charge >= 0.3 is 0 Å². The van der Waals surface area contributed by atoms with Crippen molar-refractivity contribution in [1.82, 2.24) is 20.1 Å². The Morgan fingerprint density at radius 2 is 2.07 bits per heavy atom. The molecule has 1 aliphatic carbocycles. The average molecular weight is 443 g/mol. The maximum absolute atomic E-state index is 12.2. The molecule has 1 aliphatic rings. The third kappa shape index (κ3) is 5.78. The van der Waals surface area contributed by atoms with E-state index in [2.05, 4.69) is 15.5 Å². The van der Waals surface area contributed by atoms with Gasteiger partial charge in [0.15, 0.2) is 11.0 Å². The molecule has 1 aromatic heterocycles. The Balaban J connectivity index is 1.55. The quantitative estimate of drug-likeness (QED) is 0.598. The van der Waals surface area contributed by atoms with E-state index < -0.39 is 0 Å². The minimum absolute atomic E-state index is 0.0473. The minimum atomic E-state index is 0.0473. The molecule has 0 spiro atoms. The first-order chi connectivity index (χ1) is 13.6. The zero-order valence-corrected chi connectivity index (χ0v) is 18.1. The summed E-state index contributed by atoms with van der Waals surface area (Å²) < 4.78 is 7.70. The van der Waals surface area contributed by atoms with Crippen molar-refractivity contribution in [3.63, 3.8) is 0 Å². The van der Waals surface area contributed by atoms with Crippen LogP contribution in [0.4, 0.5) is 0 Å². The van der Waals surface area contributed by atoms with Crippen LogP contribution in [0.2, 0.25) is 10.0 Å². The molecule has 0 unspecified atom stereocenters. The summed E-state index contributed by atoms with van der Waals surface area (Å²) >= 11 is 13.5. The molecule has 28 heavy (non-hydrogen) atoms. The maximum Gasteiger partial charge on any atom is 0.230 e. The summed E-state index contributed by atoms with van der Waals surface area (Å²) in [5, 5.41) is 13.3. The Labute approximate surface area is 179 Å². The molecule has 1 fully saturated rings. The van der Waals surface area contributed by atoms with Gasteiger partial charge in [-0.3, -0.25) is 4.79 Å². The summed E-state index contributed by atoms with van der Waals surface area (Å²) in [6.07, 6.45) is 5.82. The van der Waals surface area contributed by atoms with Gasteiger partial charge in [0.05, 0.1) is 10.8 Å². The van der Waals surface area contributed by atoms with Gasteiger partial charge in [0.25, 0.3) is 0 Å². The molecule has 1 amide bonds. The van der Waals surface area contributed by atoms with E-state index in [0.29, 0.717) is 45.1 Å². The van der Waals surface area contributed by atoms with E-state index in [1.807, 2.05) is 11.5 Å². The third-order valence-corrected chi connectivity index (χ3v) is 6.18. The van der Waals surface area contributed by atoms with Crippen LogP contribution in [0.1, 0.15) is 44.9 Å². The van der Waals surface area contributed by atoms with Crippen molar-refractivity contribution in [3.8, 4) is 5.75 Å². The molecular weight excluding hydrogens is 419 g/mol. The van der Waals surface area contributed by atoms with Crippen LogP contribution in [0, 0.1) is 0 Å². The highest BCUT2D eigenvalue weighted by molar-refractivity contribution is 7.99. The van der Waals surface area contributed by atoms with Crippen LogP contribution in [0.25, 0.3) is 0 Å². The monoisotopic (exact) mass is 442 g/mol. The van der Waals surface area contributed by atoms with Gasteiger partial charge in [-0.15, -0.1) is 10.2 Å². The fourth-order valence-corrected chi connectivity index (χ4v) is 4.39. The predicted octanol–water partition coefficient (Wildman–Crippen LogP) is 4.72. The smallest absolute Gasteiger partial charge is 0.230 e. The largest absolute Gasteiger partial charge is 0.484 e. The third-order valence-electron chi connectivity index (χ3n) is 4.66. The van der Waals surface area contributed by atoms with Crippen molar-refractivity contribution in [2.45, 2.75) is 63.4 Å². The van der Waals surface area contributed by atoms with Gasteiger partial charge in [-0.05, 0) is 31.9 Å². The van der Waals surface area contributed by atoms with Crippen LogP contribution in [0.3, 0.4) is 0 Å². The fourth-order valence-electron chi connectivity index (χ4n) is 3.23. The summed E-state index contributed by atoms with van der Waals surface area (Å²) in [6, 6.07) is 5.38. The SMILES string of the molecule is CCn1c(COc2cc(Cl)ccc2Cl)nnc1SCC(=O)NC1CCCCC1. The lowest BCUT2D eigenvalue weighted by atomic mass is 9.95. The van der Waals surface area contributed by atoms with Gasteiger partial charge in [-0.25, -0.2) is 0 Å². The second-order valence-corrected chi connectivity index (χ2v) is 8.48. The molecule has 152 valence electrons. The number of halogens is 2. The molecule has 0 atom stereocenters. The van der Waals surface area contributed by atoms with E-state index in [4.69, 9.17) is 27.9 Å². The van der Waals surface area contributed by atoms with Crippen LogP contribution >= 0.6 is 35.0 Å². The van der Waals surface area contributed by atoms with Crippen LogP contribution in [-0.2, 0) is 17.9 Å². The number of nitrogens with one attached hydrogen (secondary N) is 1. The highest BCUT2D eigenvalue weighted by Gasteiger charge is 2.18. The molecule has 1 aromatic carbocycles. The highest BCUT2D eigenvalue weighted by Crippen LogP contribution is 2.28. The van der Waals surface area contributed by atoms with Gasteiger partial charge in [-0.2, -0.15) is 0 Å². The van der Waals surface area contributed by atoms with Crippen LogP contribution in [0.5, 0.6) is 5.75 Å². The highest BCUT2D eigenvalue weighted by atomic mass is 35.5. The molecular formula is C19H24Cl2N4O2S. The van der Waals surface area contributed by atoms with E-state index in [1.54, 1.807) is 18.2 Å². The van der Waals surface area contributed by atoms with E-state index in [1.165, 1.54) is 31.0 Å². The Morgan fingerprint density at radius 3 is 2.82 bits per heavy atom. The van der Waals surface area contributed by atoms with E-state index in [-0.39, 0.29) is 12.5 Å². The number of benzene rings is 1. The first-order valence-corrected chi connectivity index (χ1v) is 11.2. The summed E-state index contributed by atoms with van der Waals surface area (Å²) in [5.74, 6) is 1.55. The lowest BCUT2D eigenvalue weighted by Gasteiger charge is -2.22.